The van der Waals surface area contributed by atoms with Crippen molar-refractivity contribution in [2.75, 3.05) is 5.73 Å². The molecule has 0 aliphatic carbocycles. The van der Waals surface area contributed by atoms with Crippen molar-refractivity contribution in [1.29, 1.82) is 0 Å². The van der Waals surface area contributed by atoms with Crippen LogP contribution in [0.15, 0.2) is 18.2 Å². The lowest BCUT2D eigenvalue weighted by atomic mass is 10.3. The van der Waals surface area contributed by atoms with E-state index in [2.05, 4.69) is 0 Å². The van der Waals surface area contributed by atoms with Crippen molar-refractivity contribution >= 4 is 24.1 Å². The first kappa shape index (κ1) is 12.7. The highest BCUT2D eigenvalue weighted by molar-refractivity contribution is 5.85. The molecule has 0 bridgehead atoms. The molecule has 3 nitrogen and oxygen atoms in total. The maximum atomic E-state index is 12.8. The van der Waals surface area contributed by atoms with Crippen molar-refractivity contribution in [3.63, 3.8) is 0 Å². The third kappa shape index (κ3) is 2.88. The predicted octanol–water partition coefficient (Wildman–Crippen LogP) is 2.15. The lowest BCUT2D eigenvalue weighted by molar-refractivity contribution is -0.133. The van der Waals surface area contributed by atoms with Crippen molar-refractivity contribution in [3.8, 4) is 5.75 Å². The Bertz CT molecular complexity index is 331. The van der Waals surface area contributed by atoms with Gasteiger partial charge in [0.2, 0.25) is 0 Å². The van der Waals surface area contributed by atoms with Crippen molar-refractivity contribution in [3.05, 3.63) is 24.0 Å². The zero-order chi connectivity index (χ0) is 9.84. The van der Waals surface area contributed by atoms with Crippen LogP contribution in [0.1, 0.15) is 13.3 Å². The summed E-state index contributed by atoms with van der Waals surface area (Å²) in [5, 5.41) is 0. The number of nitrogens with two attached hydrogens (primary N) is 1. The highest BCUT2D eigenvalue weighted by Crippen LogP contribution is 2.23. The van der Waals surface area contributed by atoms with Gasteiger partial charge in [0.1, 0.15) is 11.5 Å². The molecule has 5 heteroatoms. The van der Waals surface area contributed by atoms with E-state index < -0.39 is 11.8 Å². The summed E-state index contributed by atoms with van der Waals surface area (Å²) in [7, 11) is 0. The molecule has 1 rings (SSSR count). The van der Waals surface area contributed by atoms with Gasteiger partial charge in [-0.05, 0) is 12.1 Å². The summed E-state index contributed by atoms with van der Waals surface area (Å²) in [5.41, 5.74) is 5.20. The fraction of sp³-hybridized carbons (Fsp3) is 0.222. The average molecular weight is 220 g/mol. The molecule has 0 spiro atoms. The van der Waals surface area contributed by atoms with Gasteiger partial charge in [-0.2, -0.15) is 0 Å². The molecule has 0 radical (unpaired) electrons. The van der Waals surface area contributed by atoms with Crippen LogP contribution in [0.25, 0.3) is 0 Å². The number of carbonyl (C=O) groups is 1. The van der Waals surface area contributed by atoms with Gasteiger partial charge >= 0.3 is 5.97 Å². The molecule has 14 heavy (non-hydrogen) atoms. The minimum atomic E-state index is -0.582. The fourth-order valence-corrected chi connectivity index (χ4v) is 0.801. The molecule has 0 aromatic heterocycles. The first-order valence-electron chi connectivity index (χ1n) is 3.89. The molecule has 0 aliphatic rings. The fourth-order valence-electron chi connectivity index (χ4n) is 0.801. The zero-order valence-corrected chi connectivity index (χ0v) is 8.44. The molecule has 0 amide bonds. The zero-order valence-electron chi connectivity index (χ0n) is 7.62. The van der Waals surface area contributed by atoms with Crippen molar-refractivity contribution < 1.29 is 13.9 Å². The maximum absolute atomic E-state index is 12.8. The number of carbonyl (C=O) groups excluding carboxylic acids is 1. The third-order valence-corrected chi connectivity index (χ3v) is 1.53. The molecule has 0 atom stereocenters. The normalized spacial score (nSPS) is 9.00. The number of hydrogen-bond acceptors (Lipinski definition) is 3. The molecular formula is C9H11ClFNO2. The number of rotatable bonds is 2. The Morgan fingerprint density at radius 2 is 2.21 bits per heavy atom. The van der Waals surface area contributed by atoms with Crippen LogP contribution in [0.4, 0.5) is 10.1 Å². The Morgan fingerprint density at radius 1 is 1.57 bits per heavy atom. The number of esters is 1. The molecule has 0 fully saturated rings. The third-order valence-electron chi connectivity index (χ3n) is 1.53. The summed E-state index contributed by atoms with van der Waals surface area (Å²) >= 11 is 0. The van der Waals surface area contributed by atoms with Gasteiger partial charge in [0.05, 0.1) is 0 Å². The van der Waals surface area contributed by atoms with Gasteiger partial charge in [-0.3, -0.25) is 4.79 Å². The van der Waals surface area contributed by atoms with E-state index in [1.54, 1.807) is 6.92 Å². The van der Waals surface area contributed by atoms with Gasteiger partial charge in [-0.1, -0.05) is 13.0 Å². The summed E-state index contributed by atoms with van der Waals surface area (Å²) in [5.74, 6) is -0.939. The molecule has 2 N–H and O–H groups in total. The number of ether oxygens (including phenoxy) is 1. The van der Waals surface area contributed by atoms with Crippen LogP contribution in [0.3, 0.4) is 0 Å². The number of nitrogen functional groups attached to an aromatic ring is 1. The van der Waals surface area contributed by atoms with Crippen molar-refractivity contribution in [1.82, 2.24) is 0 Å². The summed E-state index contributed by atoms with van der Waals surface area (Å²) in [6.07, 6.45) is 0.232. The number of hydrogen-bond donors (Lipinski definition) is 1. The standard InChI is InChI=1S/C9H10FNO2.ClH/c1-2-8(12)13-7-5-3-4-6(10)9(7)11;/h3-5H,2,11H2,1H3;1H. The molecular weight excluding hydrogens is 209 g/mol. The van der Waals surface area contributed by atoms with Gasteiger partial charge < -0.3 is 10.5 Å². The minimum Gasteiger partial charge on any atom is -0.424 e. The molecule has 0 heterocycles. The Labute approximate surface area is 87.5 Å². The van der Waals surface area contributed by atoms with Crippen LogP contribution in [0.5, 0.6) is 5.75 Å². The second-order valence-electron chi connectivity index (χ2n) is 2.48. The topological polar surface area (TPSA) is 52.3 Å². The second kappa shape index (κ2) is 5.44. The van der Waals surface area contributed by atoms with Gasteiger partial charge in [-0.25, -0.2) is 4.39 Å². The SMILES string of the molecule is CCC(=O)Oc1cccc(F)c1N.Cl. The highest BCUT2D eigenvalue weighted by atomic mass is 35.5. The molecule has 78 valence electrons. The van der Waals surface area contributed by atoms with Crippen molar-refractivity contribution in [2.24, 2.45) is 0 Å². The molecule has 0 saturated heterocycles. The minimum absolute atomic E-state index is 0. The first-order valence-corrected chi connectivity index (χ1v) is 3.89. The van der Waals surface area contributed by atoms with E-state index in [1.165, 1.54) is 18.2 Å². The van der Waals surface area contributed by atoms with E-state index in [-0.39, 0.29) is 30.3 Å². The van der Waals surface area contributed by atoms with E-state index in [9.17, 15) is 9.18 Å². The average Bonchev–Trinajstić information content (AvgIpc) is 2.13. The van der Waals surface area contributed by atoms with Gasteiger partial charge in [0.25, 0.3) is 0 Å². The number of benzene rings is 1. The van der Waals surface area contributed by atoms with Crippen molar-refractivity contribution in [2.45, 2.75) is 13.3 Å². The molecule has 1 aromatic carbocycles. The van der Waals surface area contributed by atoms with Crippen LogP contribution >= 0.6 is 12.4 Å². The molecule has 0 saturated carbocycles. The van der Waals surface area contributed by atoms with Crippen LogP contribution < -0.4 is 10.5 Å². The van der Waals surface area contributed by atoms with Gasteiger partial charge in [-0.15, -0.1) is 12.4 Å². The molecule has 0 aliphatic heterocycles. The summed E-state index contributed by atoms with van der Waals surface area (Å²) in [4.78, 5) is 10.8. The smallest absolute Gasteiger partial charge is 0.310 e. The van der Waals surface area contributed by atoms with E-state index in [0.29, 0.717) is 0 Å². The molecule has 0 unspecified atom stereocenters. The van der Waals surface area contributed by atoms with E-state index in [4.69, 9.17) is 10.5 Å². The van der Waals surface area contributed by atoms with E-state index in [1.807, 2.05) is 0 Å². The highest BCUT2D eigenvalue weighted by Gasteiger charge is 2.08. The monoisotopic (exact) mass is 219 g/mol. The maximum Gasteiger partial charge on any atom is 0.310 e. The van der Waals surface area contributed by atoms with Crippen LogP contribution in [0.2, 0.25) is 0 Å². The van der Waals surface area contributed by atoms with Crippen LogP contribution in [0, 0.1) is 5.82 Å². The van der Waals surface area contributed by atoms with Crippen LogP contribution in [-0.2, 0) is 4.79 Å². The first-order chi connectivity index (χ1) is 6.15. The number of halogens is 2. The second-order valence-corrected chi connectivity index (χ2v) is 2.48. The largest absolute Gasteiger partial charge is 0.424 e. The number of anilines is 1. The Hall–Kier alpha value is -1.29. The Balaban J connectivity index is 0.00000169. The van der Waals surface area contributed by atoms with Gasteiger partial charge in [0.15, 0.2) is 5.75 Å². The van der Waals surface area contributed by atoms with E-state index in [0.717, 1.165) is 0 Å². The predicted molar refractivity (Wildman–Crippen MR) is 54.0 cm³/mol. The Morgan fingerprint density at radius 3 is 2.79 bits per heavy atom. The lowest BCUT2D eigenvalue weighted by Gasteiger charge is -2.05. The molecule has 1 aromatic rings. The van der Waals surface area contributed by atoms with Crippen LogP contribution in [-0.4, -0.2) is 5.97 Å². The van der Waals surface area contributed by atoms with E-state index >= 15 is 0 Å². The van der Waals surface area contributed by atoms with Gasteiger partial charge in [0, 0.05) is 6.42 Å². The summed E-state index contributed by atoms with van der Waals surface area (Å²) < 4.78 is 17.6. The summed E-state index contributed by atoms with van der Waals surface area (Å²) in [6.45, 7) is 1.65. The number of para-hydroxylation sites is 1. The lowest BCUT2D eigenvalue weighted by Crippen LogP contribution is -2.07. The quantitative estimate of drug-likeness (QED) is 0.471. The Kier molecular flexibility index (Phi) is 4.94. The summed E-state index contributed by atoms with van der Waals surface area (Å²) in [6, 6.07) is 4.09.